The highest BCUT2D eigenvalue weighted by Gasteiger charge is 2.08. The Morgan fingerprint density at radius 3 is 2.78 bits per heavy atom. The van der Waals surface area contributed by atoms with Gasteiger partial charge in [-0.1, -0.05) is 36.1 Å². The fourth-order valence-corrected chi connectivity index (χ4v) is 3.57. The minimum atomic E-state index is -0.0598. The van der Waals surface area contributed by atoms with Crippen LogP contribution in [-0.4, -0.2) is 17.4 Å². The molecule has 0 aliphatic rings. The fraction of sp³-hybridized carbons (Fsp3) is 0.111. The van der Waals surface area contributed by atoms with E-state index in [0.717, 1.165) is 21.1 Å². The predicted octanol–water partition coefficient (Wildman–Crippen LogP) is 3.58. The summed E-state index contributed by atoms with van der Waals surface area (Å²) in [5.41, 5.74) is 1.74. The molecule has 3 aromatic rings. The lowest BCUT2D eigenvalue weighted by atomic mass is 10.2. The first kappa shape index (κ1) is 15.5. The van der Waals surface area contributed by atoms with Crippen molar-refractivity contribution in [3.05, 3.63) is 64.5 Å². The average molecular weight is 338 g/mol. The summed E-state index contributed by atoms with van der Waals surface area (Å²) in [5.74, 6) is 5.90. The van der Waals surface area contributed by atoms with Gasteiger partial charge in [0.05, 0.1) is 23.5 Å². The van der Waals surface area contributed by atoms with Crippen LogP contribution in [0.25, 0.3) is 9.88 Å². The maximum Gasteiger partial charge on any atom is 0.226 e. The third-order valence-electron chi connectivity index (χ3n) is 3.01. The van der Waals surface area contributed by atoms with Crippen molar-refractivity contribution in [3.63, 3.8) is 0 Å². The van der Waals surface area contributed by atoms with Gasteiger partial charge in [0, 0.05) is 10.9 Å². The first-order valence-electron chi connectivity index (χ1n) is 7.10. The molecule has 0 fully saturated rings. The van der Waals surface area contributed by atoms with E-state index in [1.54, 1.807) is 22.7 Å². The minimum Gasteiger partial charge on any atom is -0.345 e. The van der Waals surface area contributed by atoms with Gasteiger partial charge in [0.2, 0.25) is 5.91 Å². The number of hydrogen-bond acceptors (Lipinski definition) is 4. The van der Waals surface area contributed by atoms with Gasteiger partial charge < -0.3 is 5.32 Å². The molecule has 0 unspecified atom stereocenters. The number of nitrogens with one attached hydrogen (secondary N) is 1. The molecule has 0 bridgehead atoms. The Labute approximate surface area is 143 Å². The van der Waals surface area contributed by atoms with E-state index in [1.165, 1.54) is 0 Å². The lowest BCUT2D eigenvalue weighted by Gasteiger charge is -1.98. The second-order valence-corrected chi connectivity index (χ2v) is 6.55. The Hall–Kier alpha value is -2.42. The molecule has 23 heavy (non-hydrogen) atoms. The minimum absolute atomic E-state index is 0.0598. The van der Waals surface area contributed by atoms with Crippen molar-refractivity contribution in [2.75, 3.05) is 6.54 Å². The fourth-order valence-electron chi connectivity index (χ4n) is 1.94. The number of nitrogens with zero attached hydrogens (tertiary/aromatic N) is 1. The van der Waals surface area contributed by atoms with Crippen molar-refractivity contribution < 1.29 is 4.79 Å². The maximum absolute atomic E-state index is 11.9. The van der Waals surface area contributed by atoms with E-state index in [4.69, 9.17) is 0 Å². The molecule has 2 heterocycles. The second kappa shape index (κ2) is 7.73. The van der Waals surface area contributed by atoms with Gasteiger partial charge in [-0.25, -0.2) is 4.98 Å². The first-order valence-corrected chi connectivity index (χ1v) is 8.86. The van der Waals surface area contributed by atoms with Crippen molar-refractivity contribution in [3.8, 4) is 21.7 Å². The molecular weight excluding hydrogens is 324 g/mol. The number of hydrogen-bond donors (Lipinski definition) is 1. The van der Waals surface area contributed by atoms with Crippen molar-refractivity contribution >= 4 is 28.6 Å². The maximum atomic E-state index is 11.9. The van der Waals surface area contributed by atoms with Crippen molar-refractivity contribution in [2.45, 2.75) is 6.42 Å². The summed E-state index contributed by atoms with van der Waals surface area (Å²) in [6.07, 6.45) is 0.287. The predicted molar refractivity (Wildman–Crippen MR) is 95.5 cm³/mol. The highest BCUT2D eigenvalue weighted by molar-refractivity contribution is 7.20. The molecule has 2 aromatic heterocycles. The van der Waals surface area contributed by atoms with Crippen LogP contribution in [0.15, 0.2) is 53.2 Å². The van der Waals surface area contributed by atoms with Gasteiger partial charge in [0.1, 0.15) is 5.01 Å². The summed E-state index contributed by atoms with van der Waals surface area (Å²) in [6, 6.07) is 13.7. The SMILES string of the molecule is O=C(Cc1csc(-c2cccs2)n1)NCC#Cc1ccccc1. The molecule has 1 amide bonds. The Morgan fingerprint density at radius 2 is 2.00 bits per heavy atom. The second-order valence-electron chi connectivity index (χ2n) is 4.74. The van der Waals surface area contributed by atoms with Crippen LogP contribution in [0.4, 0.5) is 0 Å². The van der Waals surface area contributed by atoms with Crippen LogP contribution in [0.5, 0.6) is 0 Å². The summed E-state index contributed by atoms with van der Waals surface area (Å²) < 4.78 is 0. The molecule has 1 aromatic carbocycles. The van der Waals surface area contributed by atoms with Gasteiger partial charge in [0.25, 0.3) is 0 Å². The Balaban J connectivity index is 1.49. The smallest absolute Gasteiger partial charge is 0.226 e. The first-order chi connectivity index (χ1) is 11.3. The number of aromatic nitrogens is 1. The van der Waals surface area contributed by atoms with E-state index in [0.29, 0.717) is 6.54 Å². The summed E-state index contributed by atoms with van der Waals surface area (Å²) in [5, 5.41) is 7.72. The molecule has 0 saturated carbocycles. The molecule has 0 spiro atoms. The monoisotopic (exact) mass is 338 g/mol. The van der Waals surface area contributed by atoms with Crippen LogP contribution in [0.1, 0.15) is 11.3 Å². The number of thiophene rings is 1. The molecule has 0 aliphatic carbocycles. The largest absolute Gasteiger partial charge is 0.345 e. The molecule has 3 rings (SSSR count). The van der Waals surface area contributed by atoms with Crippen LogP contribution in [0, 0.1) is 11.8 Å². The van der Waals surface area contributed by atoms with Gasteiger partial charge in [-0.05, 0) is 23.6 Å². The number of amides is 1. The van der Waals surface area contributed by atoms with Gasteiger partial charge in [-0.2, -0.15) is 0 Å². The zero-order valence-electron chi connectivity index (χ0n) is 12.3. The van der Waals surface area contributed by atoms with Gasteiger partial charge in [-0.15, -0.1) is 22.7 Å². The van der Waals surface area contributed by atoms with Crippen molar-refractivity contribution in [1.82, 2.24) is 10.3 Å². The molecule has 5 heteroatoms. The normalized spacial score (nSPS) is 9.91. The van der Waals surface area contributed by atoms with Crippen molar-refractivity contribution in [2.24, 2.45) is 0 Å². The molecular formula is C18H14N2OS2. The lowest BCUT2D eigenvalue weighted by molar-refractivity contribution is -0.120. The molecule has 3 nitrogen and oxygen atoms in total. The Morgan fingerprint density at radius 1 is 1.13 bits per heavy atom. The van der Waals surface area contributed by atoms with Gasteiger partial charge in [0.15, 0.2) is 0 Å². The number of carbonyl (C=O) groups excluding carboxylic acids is 1. The Kier molecular flexibility index (Phi) is 5.20. The van der Waals surface area contributed by atoms with Crippen LogP contribution in [0.3, 0.4) is 0 Å². The third kappa shape index (κ3) is 4.52. The molecule has 0 saturated heterocycles. The number of thiazole rings is 1. The van der Waals surface area contributed by atoms with E-state index in [9.17, 15) is 4.79 Å². The zero-order chi connectivity index (χ0) is 15.9. The summed E-state index contributed by atoms with van der Waals surface area (Å²) in [4.78, 5) is 17.5. The molecule has 0 radical (unpaired) electrons. The highest BCUT2D eigenvalue weighted by atomic mass is 32.1. The zero-order valence-corrected chi connectivity index (χ0v) is 13.9. The van der Waals surface area contributed by atoms with E-state index in [-0.39, 0.29) is 12.3 Å². The van der Waals surface area contributed by atoms with E-state index >= 15 is 0 Å². The van der Waals surface area contributed by atoms with Gasteiger partial charge >= 0.3 is 0 Å². The average Bonchev–Trinajstić information content (AvgIpc) is 3.24. The summed E-state index contributed by atoms with van der Waals surface area (Å²) in [6.45, 7) is 0.343. The third-order valence-corrected chi connectivity index (χ3v) is 4.94. The van der Waals surface area contributed by atoms with Crippen LogP contribution in [0.2, 0.25) is 0 Å². The Bertz CT molecular complexity index is 827. The number of rotatable bonds is 4. The number of carbonyl (C=O) groups is 1. The van der Waals surface area contributed by atoms with Gasteiger partial charge in [-0.3, -0.25) is 4.79 Å². The molecule has 1 N–H and O–H groups in total. The lowest BCUT2D eigenvalue weighted by Crippen LogP contribution is -2.25. The highest BCUT2D eigenvalue weighted by Crippen LogP contribution is 2.27. The number of benzene rings is 1. The van der Waals surface area contributed by atoms with Crippen LogP contribution < -0.4 is 5.32 Å². The van der Waals surface area contributed by atoms with E-state index in [1.807, 2.05) is 53.2 Å². The summed E-state index contributed by atoms with van der Waals surface area (Å²) in [7, 11) is 0. The van der Waals surface area contributed by atoms with E-state index in [2.05, 4.69) is 22.1 Å². The summed E-state index contributed by atoms with van der Waals surface area (Å²) >= 11 is 3.22. The molecule has 114 valence electrons. The molecule has 0 atom stereocenters. The standard InChI is InChI=1S/C18H14N2OS2/c21-17(19-10-4-8-14-6-2-1-3-7-14)12-15-13-23-18(20-15)16-9-5-11-22-16/h1-3,5-7,9,11,13H,10,12H2,(H,19,21). The topological polar surface area (TPSA) is 42.0 Å². The van der Waals surface area contributed by atoms with Crippen LogP contribution >= 0.6 is 22.7 Å². The van der Waals surface area contributed by atoms with E-state index < -0.39 is 0 Å². The van der Waals surface area contributed by atoms with Crippen LogP contribution in [-0.2, 0) is 11.2 Å². The van der Waals surface area contributed by atoms with Crippen molar-refractivity contribution in [1.29, 1.82) is 0 Å². The molecule has 0 aliphatic heterocycles. The quantitative estimate of drug-likeness (QED) is 0.739.